The third kappa shape index (κ3) is 4.17. The van der Waals surface area contributed by atoms with Crippen molar-refractivity contribution in [2.45, 2.75) is 25.8 Å². The number of fused-ring (bicyclic) bond motifs is 1. The van der Waals surface area contributed by atoms with Gasteiger partial charge in [-0.1, -0.05) is 6.92 Å². The quantitative estimate of drug-likeness (QED) is 0.802. The summed E-state index contributed by atoms with van der Waals surface area (Å²) in [5.74, 6) is 0.441. The van der Waals surface area contributed by atoms with E-state index in [0.29, 0.717) is 29.1 Å². The van der Waals surface area contributed by atoms with E-state index in [1.807, 2.05) is 6.07 Å². The van der Waals surface area contributed by atoms with Gasteiger partial charge in [-0.05, 0) is 30.4 Å². The lowest BCUT2D eigenvalue weighted by Gasteiger charge is -2.38. The molecule has 0 spiro atoms. The van der Waals surface area contributed by atoms with E-state index in [4.69, 9.17) is 0 Å². The van der Waals surface area contributed by atoms with Gasteiger partial charge in [0.15, 0.2) is 9.84 Å². The second-order valence-corrected chi connectivity index (χ2v) is 10.3. The van der Waals surface area contributed by atoms with Gasteiger partial charge in [-0.2, -0.15) is 5.26 Å². The van der Waals surface area contributed by atoms with Gasteiger partial charge in [0.05, 0.1) is 22.8 Å². The number of nitrogens with zero attached hydrogens (tertiary/aromatic N) is 4. The van der Waals surface area contributed by atoms with Crippen LogP contribution in [-0.4, -0.2) is 54.9 Å². The maximum Gasteiger partial charge on any atom is 0.220 e. The number of carbonyl (C=O) groups excluding carboxylic acids is 1. The molecule has 8 nitrogen and oxygen atoms in total. The highest BCUT2D eigenvalue weighted by Crippen LogP contribution is 2.30. The number of hydrogen-bond acceptors (Lipinski definition) is 7. The lowest BCUT2D eigenvalue weighted by molar-refractivity contribution is -0.122. The second kappa shape index (κ2) is 7.59. The largest absolute Gasteiger partial charge is 0.367 e. The lowest BCUT2D eigenvalue weighted by Crippen LogP contribution is -2.51. The smallest absolute Gasteiger partial charge is 0.220 e. The van der Waals surface area contributed by atoms with E-state index in [2.05, 4.69) is 33.2 Å². The molecule has 0 saturated carbocycles. The summed E-state index contributed by atoms with van der Waals surface area (Å²) in [7, 11) is -2.91. The minimum absolute atomic E-state index is 0.0229. The number of anilines is 1. The van der Waals surface area contributed by atoms with Gasteiger partial charge in [-0.25, -0.2) is 8.42 Å². The Labute approximate surface area is 169 Å². The highest BCUT2D eigenvalue weighted by Gasteiger charge is 2.35. The summed E-state index contributed by atoms with van der Waals surface area (Å²) < 4.78 is 22.6. The number of sulfone groups is 1. The molecule has 1 aromatic heterocycles. The van der Waals surface area contributed by atoms with Crippen LogP contribution in [0.2, 0.25) is 0 Å². The number of nitrogens with one attached hydrogen (secondary N) is 1. The van der Waals surface area contributed by atoms with Crippen molar-refractivity contribution in [1.29, 1.82) is 5.26 Å². The van der Waals surface area contributed by atoms with Crippen molar-refractivity contribution >= 4 is 32.5 Å². The Kier molecular flexibility index (Phi) is 5.13. The van der Waals surface area contributed by atoms with E-state index in [0.717, 1.165) is 18.7 Å². The average Bonchev–Trinajstić information content (AvgIpc) is 2.65. The molecule has 0 aliphatic carbocycles. The molecule has 152 valence electrons. The first-order valence-electron chi connectivity index (χ1n) is 9.73. The van der Waals surface area contributed by atoms with E-state index in [-0.39, 0.29) is 35.8 Å². The summed E-state index contributed by atoms with van der Waals surface area (Å²) >= 11 is 0. The Balaban J connectivity index is 1.49. The lowest BCUT2D eigenvalue weighted by atomic mass is 9.94. The van der Waals surface area contributed by atoms with E-state index >= 15 is 0 Å². The topological polar surface area (TPSA) is 116 Å². The third-order valence-electron chi connectivity index (χ3n) is 5.54. The summed E-state index contributed by atoms with van der Waals surface area (Å²) in [6, 6.07) is 5.79. The van der Waals surface area contributed by atoms with Gasteiger partial charge in [0.1, 0.15) is 17.1 Å². The van der Waals surface area contributed by atoms with Crippen molar-refractivity contribution in [2.24, 2.45) is 11.8 Å². The predicted molar refractivity (Wildman–Crippen MR) is 109 cm³/mol. The summed E-state index contributed by atoms with van der Waals surface area (Å²) in [5.41, 5.74) is 2.66. The van der Waals surface area contributed by atoms with Crippen molar-refractivity contribution in [3.05, 3.63) is 30.1 Å². The Morgan fingerprint density at radius 1 is 1.24 bits per heavy atom. The average molecular weight is 414 g/mol. The standard InChI is InChI=1S/C20H23N5O3S/c1-13-6-16(24-18(26)7-14-11-29(27,28)12-14)10-25(9-13)17-3-2-15(8-21)19-20(17)23-5-4-22-19/h2-5,13-14,16H,6-7,9-12H2,1H3,(H,24,26)/t13-,16+/m0/s1. The molecule has 1 N–H and O–H groups in total. The van der Waals surface area contributed by atoms with E-state index in [9.17, 15) is 18.5 Å². The number of hydrogen-bond donors (Lipinski definition) is 1. The van der Waals surface area contributed by atoms with E-state index in [1.54, 1.807) is 18.5 Å². The highest BCUT2D eigenvalue weighted by atomic mass is 32.2. The fourth-order valence-corrected chi connectivity index (χ4v) is 5.95. The van der Waals surface area contributed by atoms with Crippen molar-refractivity contribution in [2.75, 3.05) is 29.5 Å². The number of rotatable bonds is 4. The zero-order valence-electron chi connectivity index (χ0n) is 16.2. The van der Waals surface area contributed by atoms with Gasteiger partial charge in [0.25, 0.3) is 0 Å². The molecule has 29 heavy (non-hydrogen) atoms. The fourth-order valence-electron chi connectivity index (χ4n) is 4.38. The molecule has 9 heteroatoms. The second-order valence-electron chi connectivity index (χ2n) is 8.15. The summed E-state index contributed by atoms with van der Waals surface area (Å²) in [4.78, 5) is 23.3. The van der Waals surface area contributed by atoms with Crippen molar-refractivity contribution in [1.82, 2.24) is 15.3 Å². The number of piperidine rings is 1. The predicted octanol–water partition coefficient (Wildman–Crippen LogP) is 1.27. The molecule has 4 rings (SSSR count). The molecule has 0 unspecified atom stereocenters. The van der Waals surface area contributed by atoms with Gasteiger partial charge in [0.2, 0.25) is 5.91 Å². The molecule has 0 radical (unpaired) electrons. The first kappa shape index (κ1) is 19.6. The molecular formula is C20H23N5O3S. The van der Waals surface area contributed by atoms with E-state index < -0.39 is 9.84 Å². The van der Waals surface area contributed by atoms with Gasteiger partial charge < -0.3 is 10.2 Å². The van der Waals surface area contributed by atoms with Crippen molar-refractivity contribution in [3.8, 4) is 6.07 Å². The molecule has 0 bridgehead atoms. The van der Waals surface area contributed by atoms with E-state index in [1.165, 1.54) is 0 Å². The fraction of sp³-hybridized carbons (Fsp3) is 0.500. The van der Waals surface area contributed by atoms with Crippen LogP contribution in [0, 0.1) is 23.2 Å². The Morgan fingerprint density at radius 3 is 2.66 bits per heavy atom. The van der Waals surface area contributed by atoms with Gasteiger partial charge in [-0.3, -0.25) is 14.8 Å². The minimum Gasteiger partial charge on any atom is -0.367 e. The van der Waals surface area contributed by atoms with Gasteiger partial charge >= 0.3 is 0 Å². The highest BCUT2D eigenvalue weighted by molar-refractivity contribution is 7.92. The van der Waals surface area contributed by atoms with Crippen LogP contribution < -0.4 is 10.2 Å². The first-order chi connectivity index (χ1) is 13.8. The Bertz CT molecular complexity index is 1080. The van der Waals surface area contributed by atoms with Crippen LogP contribution in [0.3, 0.4) is 0 Å². The van der Waals surface area contributed by atoms with Crippen LogP contribution in [-0.2, 0) is 14.6 Å². The van der Waals surface area contributed by atoms with Crippen LogP contribution >= 0.6 is 0 Å². The number of benzene rings is 1. The molecule has 1 amide bonds. The summed E-state index contributed by atoms with van der Waals surface area (Å²) in [5, 5.41) is 12.4. The zero-order chi connectivity index (χ0) is 20.6. The van der Waals surface area contributed by atoms with Gasteiger partial charge in [-0.15, -0.1) is 0 Å². The summed E-state index contributed by atoms with van der Waals surface area (Å²) in [6.45, 7) is 3.60. The van der Waals surface area contributed by atoms with Crippen LogP contribution in [0.15, 0.2) is 24.5 Å². The number of aromatic nitrogens is 2. The molecule has 1 aromatic carbocycles. The molecular weight excluding hydrogens is 390 g/mol. The monoisotopic (exact) mass is 413 g/mol. The number of nitriles is 1. The van der Waals surface area contributed by atoms with Gasteiger partial charge in [0, 0.05) is 37.9 Å². The number of carbonyl (C=O) groups is 1. The normalized spacial score (nSPS) is 23.9. The molecule has 3 heterocycles. The SMILES string of the molecule is C[C@H]1C[C@@H](NC(=O)CC2CS(=O)(=O)C2)CN(c2ccc(C#N)c3nccnc23)C1. The Morgan fingerprint density at radius 2 is 1.97 bits per heavy atom. The van der Waals surface area contributed by atoms with Crippen molar-refractivity contribution < 1.29 is 13.2 Å². The molecule has 2 aliphatic rings. The molecule has 2 aromatic rings. The maximum absolute atomic E-state index is 12.4. The third-order valence-corrected chi connectivity index (χ3v) is 7.50. The van der Waals surface area contributed by atoms with Crippen LogP contribution in [0.5, 0.6) is 0 Å². The van der Waals surface area contributed by atoms with Crippen LogP contribution in [0.4, 0.5) is 5.69 Å². The molecule has 2 aliphatic heterocycles. The van der Waals surface area contributed by atoms with Crippen molar-refractivity contribution in [3.63, 3.8) is 0 Å². The minimum atomic E-state index is -2.91. The number of amides is 1. The van der Waals surface area contributed by atoms with Crippen LogP contribution in [0.25, 0.3) is 11.0 Å². The first-order valence-corrected chi connectivity index (χ1v) is 11.6. The molecule has 2 saturated heterocycles. The summed E-state index contributed by atoms with van der Waals surface area (Å²) in [6.07, 6.45) is 4.32. The molecule has 2 fully saturated rings. The zero-order valence-corrected chi connectivity index (χ0v) is 17.0. The Hall–Kier alpha value is -2.73. The maximum atomic E-state index is 12.4. The van der Waals surface area contributed by atoms with Crippen LogP contribution in [0.1, 0.15) is 25.3 Å². The molecule has 2 atom stereocenters.